The minimum atomic E-state index is -4.39. The predicted octanol–water partition coefficient (Wildman–Crippen LogP) is 8.80. The Balaban J connectivity index is 4.33. The van der Waals surface area contributed by atoms with Gasteiger partial charge in [-0.15, -0.1) is 0 Å². The molecule has 0 spiro atoms. The number of allylic oxidation sites excluding steroid dienone is 3. The second-order valence-electron chi connectivity index (χ2n) is 13.0. The summed E-state index contributed by atoms with van der Waals surface area (Å²) in [6.07, 6.45) is 32.8. The molecule has 4 atom stereocenters. The van der Waals surface area contributed by atoms with E-state index < -0.39 is 38.6 Å². The van der Waals surface area contributed by atoms with Gasteiger partial charge in [-0.05, 0) is 32.1 Å². The molecule has 0 radical (unpaired) electrons. The molecule has 278 valence electrons. The number of unbranched alkanes of at least 4 members (excludes halogenated alkanes) is 19. The number of aliphatic hydroxyl groups is 2. The molecule has 0 aromatic carbocycles. The molecule has 0 bridgehead atoms. The second kappa shape index (κ2) is 33.4. The molecule has 0 saturated carbocycles. The van der Waals surface area contributed by atoms with Crippen LogP contribution in [-0.2, 0) is 18.4 Å². The number of phosphoric acid groups is 1. The van der Waals surface area contributed by atoms with Crippen LogP contribution in [0.3, 0.4) is 0 Å². The fourth-order valence-corrected chi connectivity index (χ4v) is 6.19. The summed E-state index contributed by atoms with van der Waals surface area (Å²) in [4.78, 5) is 22.6. The largest absolute Gasteiger partial charge is 0.472 e. The molecule has 1 amide bonds. The van der Waals surface area contributed by atoms with Crippen molar-refractivity contribution in [2.75, 3.05) is 19.8 Å². The van der Waals surface area contributed by atoms with E-state index in [-0.39, 0.29) is 19.6 Å². The third-order valence-electron chi connectivity index (χ3n) is 8.33. The minimum absolute atomic E-state index is 0.0454. The molecule has 6 N–H and O–H groups in total. The molecule has 0 heterocycles. The molecule has 0 aliphatic heterocycles. The number of amides is 1. The Morgan fingerprint density at radius 1 is 0.723 bits per heavy atom. The van der Waals surface area contributed by atoms with Gasteiger partial charge in [0.15, 0.2) is 0 Å². The highest BCUT2D eigenvalue weighted by molar-refractivity contribution is 7.47. The Morgan fingerprint density at radius 3 is 1.77 bits per heavy atom. The maximum atomic E-state index is 12.7. The van der Waals surface area contributed by atoms with Crippen LogP contribution in [0.15, 0.2) is 24.3 Å². The molecular formula is C37H73N2O7P. The summed E-state index contributed by atoms with van der Waals surface area (Å²) in [6.45, 7) is 3.88. The summed E-state index contributed by atoms with van der Waals surface area (Å²) in [6, 6.07) is -0.993. The van der Waals surface area contributed by atoms with Crippen LogP contribution in [0.25, 0.3) is 0 Å². The molecule has 0 fully saturated rings. The summed E-state index contributed by atoms with van der Waals surface area (Å²) < 4.78 is 21.9. The Morgan fingerprint density at radius 2 is 1.21 bits per heavy atom. The number of carbonyl (C=O) groups excluding carboxylic acids is 1. The summed E-state index contributed by atoms with van der Waals surface area (Å²) in [5.41, 5.74) is 5.33. The van der Waals surface area contributed by atoms with Crippen LogP contribution in [0.1, 0.15) is 168 Å². The fraction of sp³-hybridized carbons (Fsp3) is 0.865. The highest BCUT2D eigenvalue weighted by atomic mass is 31.2. The average molecular weight is 689 g/mol. The Labute approximate surface area is 288 Å². The molecule has 0 rings (SSSR count). The van der Waals surface area contributed by atoms with Gasteiger partial charge >= 0.3 is 7.82 Å². The van der Waals surface area contributed by atoms with Gasteiger partial charge in [0.2, 0.25) is 5.91 Å². The quantitative estimate of drug-likeness (QED) is 0.0252. The summed E-state index contributed by atoms with van der Waals surface area (Å²) in [5, 5.41) is 23.8. The zero-order valence-electron chi connectivity index (χ0n) is 30.1. The third kappa shape index (κ3) is 31.9. The van der Waals surface area contributed by atoms with E-state index in [9.17, 15) is 24.5 Å². The van der Waals surface area contributed by atoms with E-state index in [4.69, 9.17) is 14.8 Å². The van der Waals surface area contributed by atoms with Crippen molar-refractivity contribution in [3.63, 3.8) is 0 Å². The second-order valence-corrected chi connectivity index (χ2v) is 14.4. The van der Waals surface area contributed by atoms with Crippen molar-refractivity contribution >= 4 is 13.7 Å². The first-order valence-electron chi connectivity index (χ1n) is 19.0. The van der Waals surface area contributed by atoms with Gasteiger partial charge in [0.25, 0.3) is 0 Å². The number of hydrogen-bond donors (Lipinski definition) is 5. The number of nitrogens with one attached hydrogen (secondary N) is 1. The Hall–Kier alpha value is -1.06. The van der Waals surface area contributed by atoms with E-state index in [2.05, 4.69) is 31.3 Å². The molecule has 0 aromatic rings. The van der Waals surface area contributed by atoms with Gasteiger partial charge in [-0.25, -0.2) is 4.57 Å². The number of phosphoric ester groups is 1. The number of rotatable bonds is 35. The topological polar surface area (TPSA) is 151 Å². The normalized spacial score (nSPS) is 15.3. The lowest BCUT2D eigenvalue weighted by Crippen LogP contribution is -2.46. The third-order valence-corrected chi connectivity index (χ3v) is 9.32. The summed E-state index contributed by atoms with van der Waals surface area (Å²) in [7, 11) is -4.39. The van der Waals surface area contributed by atoms with Gasteiger partial charge in [0.05, 0.1) is 37.9 Å². The fourth-order valence-electron chi connectivity index (χ4n) is 5.43. The first-order chi connectivity index (χ1) is 22.8. The standard InChI is InChI=1S/C37H73N2O7P/c1-3-5-7-9-11-13-14-15-16-17-18-19-21-22-24-26-28-34(40)32-37(42)39-35(33-46-47(43,44)45-31-30-38)36(41)29-27-25-23-20-12-10-8-6-4-2/h12,20,27,29,34-36,40-41H,3-11,13-19,21-26,28,30-33,38H2,1-2H3,(H,39,42)(H,43,44)/b20-12+,29-27+. The van der Waals surface area contributed by atoms with E-state index in [1.165, 1.54) is 103 Å². The molecule has 9 nitrogen and oxygen atoms in total. The van der Waals surface area contributed by atoms with Gasteiger partial charge in [-0.2, -0.15) is 0 Å². The first-order valence-corrected chi connectivity index (χ1v) is 20.5. The predicted molar refractivity (Wildman–Crippen MR) is 195 cm³/mol. The van der Waals surface area contributed by atoms with Crippen LogP contribution in [0.4, 0.5) is 0 Å². The molecular weight excluding hydrogens is 615 g/mol. The number of aliphatic hydroxyl groups excluding tert-OH is 2. The summed E-state index contributed by atoms with van der Waals surface area (Å²) in [5.74, 6) is -0.458. The molecule has 0 aliphatic carbocycles. The van der Waals surface area contributed by atoms with Crippen LogP contribution in [0.2, 0.25) is 0 Å². The van der Waals surface area contributed by atoms with Crippen molar-refractivity contribution in [2.45, 2.75) is 186 Å². The smallest absolute Gasteiger partial charge is 0.393 e. The van der Waals surface area contributed by atoms with Crippen LogP contribution < -0.4 is 11.1 Å². The molecule has 10 heteroatoms. The lowest BCUT2D eigenvalue weighted by atomic mass is 10.0. The maximum Gasteiger partial charge on any atom is 0.472 e. The van der Waals surface area contributed by atoms with E-state index in [1.807, 2.05) is 6.08 Å². The summed E-state index contributed by atoms with van der Waals surface area (Å²) >= 11 is 0. The van der Waals surface area contributed by atoms with Gasteiger partial charge in [-0.3, -0.25) is 13.8 Å². The van der Waals surface area contributed by atoms with Crippen molar-refractivity contribution < 1.29 is 33.5 Å². The van der Waals surface area contributed by atoms with Crippen molar-refractivity contribution in [3.8, 4) is 0 Å². The van der Waals surface area contributed by atoms with E-state index in [0.29, 0.717) is 12.8 Å². The highest BCUT2D eigenvalue weighted by Gasteiger charge is 2.27. The van der Waals surface area contributed by atoms with E-state index >= 15 is 0 Å². The molecule has 47 heavy (non-hydrogen) atoms. The van der Waals surface area contributed by atoms with Crippen molar-refractivity contribution in [2.24, 2.45) is 5.73 Å². The van der Waals surface area contributed by atoms with Gasteiger partial charge in [-0.1, -0.05) is 154 Å². The van der Waals surface area contributed by atoms with E-state index in [0.717, 1.165) is 32.1 Å². The highest BCUT2D eigenvalue weighted by Crippen LogP contribution is 2.43. The zero-order chi connectivity index (χ0) is 34.9. The molecule has 0 saturated heterocycles. The van der Waals surface area contributed by atoms with Crippen LogP contribution in [-0.4, -0.2) is 59.0 Å². The van der Waals surface area contributed by atoms with Gasteiger partial charge in [0.1, 0.15) is 0 Å². The lowest BCUT2D eigenvalue weighted by Gasteiger charge is -2.24. The Bertz CT molecular complexity index is 812. The minimum Gasteiger partial charge on any atom is -0.393 e. The monoisotopic (exact) mass is 689 g/mol. The number of nitrogens with two attached hydrogens (primary N) is 1. The number of carbonyl (C=O) groups is 1. The van der Waals surface area contributed by atoms with Gasteiger partial charge in [0, 0.05) is 6.54 Å². The maximum absolute atomic E-state index is 12.7. The van der Waals surface area contributed by atoms with Crippen LogP contribution >= 0.6 is 7.82 Å². The molecule has 0 aliphatic rings. The molecule has 0 aromatic heterocycles. The SMILES string of the molecule is CCCCC/C=C/CC/C=C/C(O)C(COP(=O)(O)OCCN)NC(=O)CC(O)CCCCCCCCCCCCCCCCCC. The van der Waals surface area contributed by atoms with Gasteiger partial charge < -0.3 is 26.2 Å². The average Bonchev–Trinajstić information content (AvgIpc) is 3.04. The first kappa shape index (κ1) is 45.9. The van der Waals surface area contributed by atoms with Crippen molar-refractivity contribution in [1.29, 1.82) is 0 Å². The van der Waals surface area contributed by atoms with Crippen molar-refractivity contribution in [3.05, 3.63) is 24.3 Å². The molecule has 4 unspecified atom stereocenters. The van der Waals surface area contributed by atoms with Crippen molar-refractivity contribution in [1.82, 2.24) is 5.32 Å². The Kier molecular flexibility index (Phi) is 32.7. The lowest BCUT2D eigenvalue weighted by molar-refractivity contribution is -0.124. The van der Waals surface area contributed by atoms with E-state index in [1.54, 1.807) is 6.08 Å². The zero-order valence-corrected chi connectivity index (χ0v) is 31.0. The number of hydrogen-bond acceptors (Lipinski definition) is 7. The van der Waals surface area contributed by atoms with Crippen LogP contribution in [0, 0.1) is 0 Å². The van der Waals surface area contributed by atoms with Crippen LogP contribution in [0.5, 0.6) is 0 Å².